The number of aryl methyl sites for hydroxylation is 2. The lowest BCUT2D eigenvalue weighted by Crippen LogP contribution is -2.15. The van der Waals surface area contributed by atoms with Gasteiger partial charge in [0.2, 0.25) is 0 Å². The Morgan fingerprint density at radius 3 is 2.30 bits per heavy atom. The van der Waals surface area contributed by atoms with Crippen LogP contribution in [0.4, 0.5) is 4.39 Å². The number of benzene rings is 2. The zero-order valence-electron chi connectivity index (χ0n) is 12.3. The van der Waals surface area contributed by atoms with Crippen LogP contribution in [0.1, 0.15) is 33.9 Å². The number of rotatable bonds is 3. The molecule has 0 spiro atoms. The highest BCUT2D eigenvalue weighted by atomic mass is 19.1. The van der Waals surface area contributed by atoms with Gasteiger partial charge in [0.25, 0.3) is 0 Å². The quantitative estimate of drug-likeness (QED) is 0.923. The van der Waals surface area contributed by atoms with Crippen LogP contribution in [0.15, 0.2) is 30.3 Å². The molecule has 106 valence electrons. The number of halogens is 1. The van der Waals surface area contributed by atoms with Crippen LogP contribution in [0.25, 0.3) is 0 Å². The van der Waals surface area contributed by atoms with Gasteiger partial charge < -0.3 is 10.5 Å². The Kier molecular flexibility index (Phi) is 4.09. The van der Waals surface area contributed by atoms with Crippen LogP contribution in [0.5, 0.6) is 5.75 Å². The molecule has 1 atom stereocenters. The van der Waals surface area contributed by atoms with E-state index in [1.807, 2.05) is 39.0 Å². The molecular formula is C17H20FNO. The van der Waals surface area contributed by atoms with Gasteiger partial charge in [-0.2, -0.15) is 0 Å². The smallest absolute Gasteiger partial charge is 0.128 e. The summed E-state index contributed by atoms with van der Waals surface area (Å²) >= 11 is 0. The Labute approximate surface area is 119 Å². The minimum atomic E-state index is -0.537. The van der Waals surface area contributed by atoms with Gasteiger partial charge in [0.15, 0.2) is 0 Å². The first-order valence-corrected chi connectivity index (χ1v) is 6.61. The lowest BCUT2D eigenvalue weighted by Gasteiger charge is -2.19. The minimum absolute atomic E-state index is 0.280. The van der Waals surface area contributed by atoms with E-state index in [-0.39, 0.29) is 5.82 Å². The lowest BCUT2D eigenvalue weighted by atomic mass is 9.94. The van der Waals surface area contributed by atoms with Gasteiger partial charge in [-0.15, -0.1) is 0 Å². The van der Waals surface area contributed by atoms with E-state index in [4.69, 9.17) is 10.5 Å². The summed E-state index contributed by atoms with van der Waals surface area (Å²) in [6, 6.07) is 8.47. The summed E-state index contributed by atoms with van der Waals surface area (Å²) in [6.07, 6.45) is 0. The molecule has 2 rings (SSSR count). The molecule has 0 bridgehead atoms. The van der Waals surface area contributed by atoms with Gasteiger partial charge in [0.05, 0.1) is 13.2 Å². The van der Waals surface area contributed by atoms with E-state index >= 15 is 0 Å². The zero-order valence-corrected chi connectivity index (χ0v) is 12.3. The fourth-order valence-electron chi connectivity index (χ4n) is 2.38. The van der Waals surface area contributed by atoms with Gasteiger partial charge in [-0.05, 0) is 43.5 Å². The van der Waals surface area contributed by atoms with Crippen molar-refractivity contribution in [3.8, 4) is 5.75 Å². The van der Waals surface area contributed by atoms with Crippen LogP contribution in [-0.4, -0.2) is 7.11 Å². The molecule has 2 aromatic carbocycles. The van der Waals surface area contributed by atoms with Crippen LogP contribution < -0.4 is 10.5 Å². The number of hydrogen-bond acceptors (Lipinski definition) is 2. The van der Waals surface area contributed by atoms with Gasteiger partial charge in [-0.1, -0.05) is 24.3 Å². The van der Waals surface area contributed by atoms with Crippen LogP contribution in [0, 0.1) is 26.6 Å². The third-order valence-corrected chi connectivity index (χ3v) is 3.74. The maximum absolute atomic E-state index is 14.1. The summed E-state index contributed by atoms with van der Waals surface area (Å²) in [4.78, 5) is 0. The largest absolute Gasteiger partial charge is 0.496 e. The van der Waals surface area contributed by atoms with Gasteiger partial charge in [0.1, 0.15) is 11.6 Å². The van der Waals surface area contributed by atoms with Crippen molar-refractivity contribution < 1.29 is 9.13 Å². The molecule has 20 heavy (non-hydrogen) atoms. The lowest BCUT2D eigenvalue weighted by molar-refractivity contribution is 0.404. The molecule has 2 nitrogen and oxygen atoms in total. The number of nitrogens with two attached hydrogens (primary N) is 1. The second-order valence-corrected chi connectivity index (χ2v) is 5.13. The van der Waals surface area contributed by atoms with Gasteiger partial charge >= 0.3 is 0 Å². The highest BCUT2D eigenvalue weighted by Crippen LogP contribution is 2.33. The SMILES string of the molecule is COc1c(C(N)c2ccc(C)cc2F)ccc(C)c1C. The average Bonchev–Trinajstić information content (AvgIpc) is 2.41. The monoisotopic (exact) mass is 273 g/mol. The molecule has 0 aliphatic rings. The molecule has 0 heterocycles. The first kappa shape index (κ1) is 14.5. The van der Waals surface area contributed by atoms with Crippen LogP contribution >= 0.6 is 0 Å². The highest BCUT2D eigenvalue weighted by Gasteiger charge is 2.19. The van der Waals surface area contributed by atoms with E-state index in [1.165, 1.54) is 6.07 Å². The maximum Gasteiger partial charge on any atom is 0.128 e. The second-order valence-electron chi connectivity index (χ2n) is 5.13. The summed E-state index contributed by atoms with van der Waals surface area (Å²) < 4.78 is 19.5. The Balaban J connectivity index is 2.53. The molecule has 0 aromatic heterocycles. The van der Waals surface area contributed by atoms with Crippen LogP contribution in [-0.2, 0) is 0 Å². The number of hydrogen-bond donors (Lipinski definition) is 1. The normalized spacial score (nSPS) is 12.3. The van der Waals surface area contributed by atoms with E-state index in [2.05, 4.69) is 0 Å². The first-order valence-electron chi connectivity index (χ1n) is 6.61. The van der Waals surface area contributed by atoms with E-state index in [9.17, 15) is 4.39 Å². The molecule has 0 saturated carbocycles. The fraction of sp³-hybridized carbons (Fsp3) is 0.294. The minimum Gasteiger partial charge on any atom is -0.496 e. The second kappa shape index (κ2) is 5.63. The highest BCUT2D eigenvalue weighted by molar-refractivity contribution is 5.49. The third kappa shape index (κ3) is 2.54. The summed E-state index contributed by atoms with van der Waals surface area (Å²) in [5.74, 6) is 0.454. The van der Waals surface area contributed by atoms with Gasteiger partial charge in [-0.3, -0.25) is 0 Å². The van der Waals surface area contributed by atoms with E-state index in [1.54, 1.807) is 13.2 Å². The maximum atomic E-state index is 14.1. The summed E-state index contributed by atoms with van der Waals surface area (Å²) in [5, 5.41) is 0. The van der Waals surface area contributed by atoms with Gasteiger partial charge in [-0.25, -0.2) is 4.39 Å². The molecular weight excluding hydrogens is 253 g/mol. The summed E-state index contributed by atoms with van der Waals surface area (Å²) in [6.45, 7) is 5.85. The standard InChI is InChI=1S/C17H20FNO/c1-10-5-7-13(15(18)9-10)16(19)14-8-6-11(2)12(3)17(14)20-4/h5-9,16H,19H2,1-4H3. The predicted octanol–water partition coefficient (Wildman–Crippen LogP) is 3.81. The van der Waals surface area contributed by atoms with Crippen LogP contribution in [0.3, 0.4) is 0 Å². The molecule has 0 saturated heterocycles. The fourth-order valence-corrected chi connectivity index (χ4v) is 2.38. The average molecular weight is 273 g/mol. The van der Waals surface area contributed by atoms with E-state index in [0.29, 0.717) is 5.56 Å². The molecule has 3 heteroatoms. The van der Waals surface area contributed by atoms with Crippen molar-refractivity contribution in [3.63, 3.8) is 0 Å². The molecule has 0 aliphatic carbocycles. The van der Waals surface area contributed by atoms with Gasteiger partial charge in [0, 0.05) is 11.1 Å². The molecule has 1 unspecified atom stereocenters. The van der Waals surface area contributed by atoms with E-state index < -0.39 is 6.04 Å². The Bertz CT molecular complexity index is 637. The van der Waals surface area contributed by atoms with Crippen molar-refractivity contribution in [2.75, 3.05) is 7.11 Å². The number of ether oxygens (including phenoxy) is 1. The molecule has 2 N–H and O–H groups in total. The zero-order chi connectivity index (χ0) is 14.9. The van der Waals surface area contributed by atoms with Crippen molar-refractivity contribution in [1.82, 2.24) is 0 Å². The predicted molar refractivity (Wildman–Crippen MR) is 79.6 cm³/mol. The van der Waals surface area contributed by atoms with Crippen molar-refractivity contribution in [3.05, 3.63) is 64.0 Å². The Morgan fingerprint density at radius 1 is 1.05 bits per heavy atom. The number of methoxy groups -OCH3 is 1. The summed E-state index contributed by atoms with van der Waals surface area (Å²) in [7, 11) is 1.61. The molecule has 0 fully saturated rings. The van der Waals surface area contributed by atoms with Crippen LogP contribution in [0.2, 0.25) is 0 Å². The topological polar surface area (TPSA) is 35.2 Å². The van der Waals surface area contributed by atoms with Crippen molar-refractivity contribution in [1.29, 1.82) is 0 Å². The van der Waals surface area contributed by atoms with Crippen molar-refractivity contribution >= 4 is 0 Å². The Morgan fingerprint density at radius 2 is 1.70 bits per heavy atom. The summed E-state index contributed by atoms with van der Waals surface area (Å²) in [5.41, 5.74) is 10.6. The third-order valence-electron chi connectivity index (χ3n) is 3.74. The Hall–Kier alpha value is -1.87. The molecule has 0 amide bonds. The molecule has 2 aromatic rings. The van der Waals surface area contributed by atoms with Crippen molar-refractivity contribution in [2.24, 2.45) is 5.73 Å². The first-order chi connectivity index (χ1) is 9.45. The van der Waals surface area contributed by atoms with E-state index in [0.717, 1.165) is 28.0 Å². The molecule has 0 aliphatic heterocycles. The van der Waals surface area contributed by atoms with Crippen molar-refractivity contribution in [2.45, 2.75) is 26.8 Å². The molecule has 0 radical (unpaired) electrons.